The molecule has 1 unspecified atom stereocenters. The van der Waals surface area contributed by atoms with Gasteiger partial charge in [0.15, 0.2) is 0 Å². The summed E-state index contributed by atoms with van der Waals surface area (Å²) in [5, 5.41) is 9.64. The molecule has 100 valence electrons. The van der Waals surface area contributed by atoms with Crippen LogP contribution in [0, 0.1) is 6.92 Å². The number of hydrogen-bond donors (Lipinski definition) is 1. The van der Waals surface area contributed by atoms with Gasteiger partial charge in [0.2, 0.25) is 0 Å². The van der Waals surface area contributed by atoms with E-state index < -0.39 is 0 Å². The Bertz CT molecular complexity index is 420. The number of phenols is 1. The van der Waals surface area contributed by atoms with Crippen LogP contribution >= 0.6 is 11.8 Å². The molecule has 3 nitrogen and oxygen atoms in total. The van der Waals surface area contributed by atoms with E-state index >= 15 is 0 Å². The van der Waals surface area contributed by atoms with Crippen molar-refractivity contribution in [3.63, 3.8) is 0 Å². The van der Waals surface area contributed by atoms with Crippen molar-refractivity contribution in [2.45, 2.75) is 26.3 Å². The molecule has 1 rings (SSSR count). The van der Waals surface area contributed by atoms with Crippen molar-refractivity contribution in [1.29, 1.82) is 0 Å². The summed E-state index contributed by atoms with van der Waals surface area (Å²) in [4.78, 5) is 14.1. The average Bonchev–Trinajstić information content (AvgIpc) is 2.37. The third kappa shape index (κ3) is 3.42. The minimum atomic E-state index is -0.0306. The molecule has 4 heteroatoms. The van der Waals surface area contributed by atoms with Crippen molar-refractivity contribution in [3.8, 4) is 5.75 Å². The van der Waals surface area contributed by atoms with Crippen LogP contribution in [0.5, 0.6) is 5.75 Å². The summed E-state index contributed by atoms with van der Waals surface area (Å²) in [6.07, 6.45) is 3.04. The first-order valence-electron chi connectivity index (χ1n) is 6.03. The van der Waals surface area contributed by atoms with Crippen molar-refractivity contribution < 1.29 is 9.90 Å². The van der Waals surface area contributed by atoms with Gasteiger partial charge in [-0.1, -0.05) is 6.07 Å². The van der Waals surface area contributed by atoms with Crippen LogP contribution in [0.15, 0.2) is 18.2 Å². The highest BCUT2D eigenvalue weighted by Crippen LogP contribution is 2.21. The molecule has 0 radical (unpaired) electrons. The summed E-state index contributed by atoms with van der Waals surface area (Å²) < 4.78 is 0. The summed E-state index contributed by atoms with van der Waals surface area (Å²) in [5.74, 6) is 1.18. The van der Waals surface area contributed by atoms with Gasteiger partial charge in [-0.2, -0.15) is 11.8 Å². The summed E-state index contributed by atoms with van der Waals surface area (Å²) in [5.41, 5.74) is 1.22. The van der Waals surface area contributed by atoms with Crippen molar-refractivity contribution in [2.24, 2.45) is 0 Å². The van der Waals surface area contributed by atoms with Crippen molar-refractivity contribution in [1.82, 2.24) is 4.90 Å². The molecule has 0 saturated heterocycles. The number of phenolic OH excluding ortho intramolecular Hbond substituents is 1. The molecule has 0 bridgehead atoms. The van der Waals surface area contributed by atoms with Gasteiger partial charge in [0.25, 0.3) is 5.91 Å². The van der Waals surface area contributed by atoms with Gasteiger partial charge in [-0.15, -0.1) is 0 Å². The summed E-state index contributed by atoms with van der Waals surface area (Å²) in [7, 11) is 1.82. The Labute approximate surface area is 113 Å². The number of benzene rings is 1. The zero-order valence-electron chi connectivity index (χ0n) is 11.4. The number of carbonyl (C=O) groups is 1. The molecular weight excluding hydrogens is 246 g/mol. The highest BCUT2D eigenvalue weighted by atomic mass is 32.2. The van der Waals surface area contributed by atoms with Crippen LogP contribution < -0.4 is 0 Å². The molecule has 1 atom stereocenters. The molecule has 1 amide bonds. The maximum atomic E-state index is 12.3. The van der Waals surface area contributed by atoms with Crippen molar-refractivity contribution in [3.05, 3.63) is 29.3 Å². The third-order valence-corrected chi connectivity index (χ3v) is 3.90. The zero-order chi connectivity index (χ0) is 13.7. The molecule has 0 spiro atoms. The predicted octanol–water partition coefficient (Wildman–Crippen LogP) is 2.91. The Morgan fingerprint density at radius 1 is 1.50 bits per heavy atom. The molecule has 18 heavy (non-hydrogen) atoms. The van der Waals surface area contributed by atoms with Crippen molar-refractivity contribution in [2.75, 3.05) is 19.1 Å². The third-order valence-electron chi connectivity index (χ3n) is 3.26. The first-order chi connectivity index (χ1) is 8.49. The van der Waals surface area contributed by atoms with Crippen LogP contribution in [-0.2, 0) is 0 Å². The maximum Gasteiger partial charge on any atom is 0.254 e. The van der Waals surface area contributed by atoms with Gasteiger partial charge < -0.3 is 10.0 Å². The van der Waals surface area contributed by atoms with Crippen LogP contribution in [0.25, 0.3) is 0 Å². The first kappa shape index (κ1) is 14.9. The summed E-state index contributed by atoms with van der Waals surface area (Å²) >= 11 is 1.78. The molecular formula is C14H21NO2S. The normalized spacial score (nSPS) is 12.2. The summed E-state index contributed by atoms with van der Waals surface area (Å²) in [6, 6.07) is 5.26. The molecule has 1 aromatic rings. The Balaban J connectivity index is 2.83. The van der Waals surface area contributed by atoms with Crippen LogP contribution in [0.2, 0.25) is 0 Å². The monoisotopic (exact) mass is 267 g/mol. The molecule has 0 aromatic heterocycles. The molecule has 0 aliphatic rings. The van der Waals surface area contributed by atoms with Gasteiger partial charge in [-0.25, -0.2) is 0 Å². The van der Waals surface area contributed by atoms with Gasteiger partial charge >= 0.3 is 0 Å². The number of thioether (sulfide) groups is 1. The Morgan fingerprint density at radius 2 is 2.17 bits per heavy atom. The second-order valence-corrected chi connectivity index (χ2v) is 5.48. The quantitative estimate of drug-likeness (QED) is 0.891. The van der Waals surface area contributed by atoms with Crippen LogP contribution in [-0.4, -0.2) is 41.0 Å². The number of rotatable bonds is 5. The molecule has 0 heterocycles. The number of hydrogen-bond acceptors (Lipinski definition) is 3. The lowest BCUT2D eigenvalue weighted by Gasteiger charge is -2.25. The van der Waals surface area contributed by atoms with Gasteiger partial charge in [0, 0.05) is 24.2 Å². The van der Waals surface area contributed by atoms with Gasteiger partial charge in [-0.05, 0) is 44.4 Å². The fourth-order valence-corrected chi connectivity index (χ4v) is 2.30. The van der Waals surface area contributed by atoms with Crippen LogP contribution in [0.4, 0.5) is 0 Å². The van der Waals surface area contributed by atoms with Crippen LogP contribution in [0.3, 0.4) is 0 Å². The lowest BCUT2D eigenvalue weighted by atomic mass is 10.1. The highest BCUT2D eigenvalue weighted by Gasteiger charge is 2.19. The average molecular weight is 267 g/mol. The predicted molar refractivity (Wildman–Crippen MR) is 77.4 cm³/mol. The molecule has 1 aromatic carbocycles. The fraction of sp³-hybridized carbons (Fsp3) is 0.500. The minimum Gasteiger partial charge on any atom is -0.508 e. The summed E-state index contributed by atoms with van der Waals surface area (Å²) in [6.45, 7) is 3.81. The smallest absolute Gasteiger partial charge is 0.254 e. The molecule has 1 N–H and O–H groups in total. The van der Waals surface area contributed by atoms with Crippen molar-refractivity contribution >= 4 is 17.7 Å². The Hall–Kier alpha value is -1.16. The van der Waals surface area contributed by atoms with E-state index in [0.717, 1.165) is 12.2 Å². The zero-order valence-corrected chi connectivity index (χ0v) is 12.3. The van der Waals surface area contributed by atoms with Gasteiger partial charge in [0.1, 0.15) is 5.75 Å². The van der Waals surface area contributed by atoms with E-state index in [1.54, 1.807) is 41.8 Å². The Kier molecular flexibility index (Phi) is 5.54. The molecule has 0 aliphatic carbocycles. The lowest BCUT2D eigenvalue weighted by molar-refractivity contribution is 0.0740. The number of nitrogens with zero attached hydrogens (tertiary/aromatic N) is 1. The minimum absolute atomic E-state index is 0.0306. The fourth-order valence-electron chi connectivity index (χ4n) is 1.73. The highest BCUT2D eigenvalue weighted by molar-refractivity contribution is 7.98. The SMILES string of the molecule is CSCCC(C)N(C)C(=O)c1cccc(O)c1C. The first-order valence-corrected chi connectivity index (χ1v) is 7.43. The van der Waals surface area contributed by atoms with E-state index in [9.17, 15) is 9.90 Å². The Morgan fingerprint density at radius 3 is 2.78 bits per heavy atom. The molecule has 0 aliphatic heterocycles. The topological polar surface area (TPSA) is 40.5 Å². The number of carbonyl (C=O) groups excluding carboxylic acids is 1. The van der Waals surface area contributed by atoms with Crippen LogP contribution in [0.1, 0.15) is 29.3 Å². The van der Waals surface area contributed by atoms with E-state index in [0.29, 0.717) is 11.1 Å². The lowest BCUT2D eigenvalue weighted by Crippen LogP contribution is -2.35. The molecule has 0 fully saturated rings. The standard InChI is InChI=1S/C14H21NO2S/c1-10(8-9-18-4)15(3)14(17)12-6-5-7-13(16)11(12)2/h5-7,10,16H,8-9H2,1-4H3. The maximum absolute atomic E-state index is 12.3. The van der Waals surface area contributed by atoms with E-state index in [4.69, 9.17) is 0 Å². The van der Waals surface area contributed by atoms with E-state index in [2.05, 4.69) is 6.26 Å². The second kappa shape index (κ2) is 6.69. The number of aromatic hydroxyl groups is 1. The second-order valence-electron chi connectivity index (χ2n) is 4.50. The largest absolute Gasteiger partial charge is 0.508 e. The van der Waals surface area contributed by atoms with E-state index in [-0.39, 0.29) is 17.7 Å². The van der Waals surface area contributed by atoms with Gasteiger partial charge in [-0.3, -0.25) is 4.79 Å². The van der Waals surface area contributed by atoms with Gasteiger partial charge in [0.05, 0.1) is 0 Å². The van der Waals surface area contributed by atoms with E-state index in [1.807, 2.05) is 14.0 Å². The number of amides is 1. The molecule has 0 saturated carbocycles. The van der Waals surface area contributed by atoms with E-state index in [1.165, 1.54) is 0 Å².